The van der Waals surface area contributed by atoms with Crippen LogP contribution in [0.15, 0.2) is 30.5 Å². The first-order chi connectivity index (χ1) is 9.22. The molecule has 1 aromatic heterocycles. The van der Waals surface area contributed by atoms with E-state index in [1.165, 1.54) is 16.5 Å². The number of benzene rings is 1. The van der Waals surface area contributed by atoms with Gasteiger partial charge in [0, 0.05) is 37.1 Å². The van der Waals surface area contributed by atoms with Gasteiger partial charge < -0.3 is 15.2 Å². The fourth-order valence-corrected chi connectivity index (χ4v) is 2.27. The minimum Gasteiger partial charge on any atom is -0.352 e. The Balaban J connectivity index is 1.96. The summed E-state index contributed by atoms with van der Waals surface area (Å²) in [4.78, 5) is 11.7. The zero-order valence-corrected chi connectivity index (χ0v) is 11.6. The lowest BCUT2D eigenvalue weighted by Crippen LogP contribution is -2.23. The number of carbonyl (C=O) groups excluding carboxylic acids is 1. The molecule has 1 heterocycles. The van der Waals surface area contributed by atoms with E-state index in [4.69, 9.17) is 0 Å². The Morgan fingerprint density at radius 3 is 2.89 bits per heavy atom. The standard InChI is InChI=1S/C15H21N3O/c1-16-9-5-8-15(19)17-10-12-11-18(2)14-7-4-3-6-13(12)14/h3-4,6-7,11,16H,5,8-10H2,1-2H3,(H,17,19). The summed E-state index contributed by atoms with van der Waals surface area (Å²) in [6, 6.07) is 8.24. The monoisotopic (exact) mass is 259 g/mol. The molecular weight excluding hydrogens is 238 g/mol. The van der Waals surface area contributed by atoms with Crippen molar-refractivity contribution in [2.45, 2.75) is 19.4 Å². The van der Waals surface area contributed by atoms with Gasteiger partial charge in [-0.2, -0.15) is 0 Å². The summed E-state index contributed by atoms with van der Waals surface area (Å²) in [5.74, 6) is 0.114. The van der Waals surface area contributed by atoms with Crippen molar-refractivity contribution in [1.29, 1.82) is 0 Å². The zero-order valence-electron chi connectivity index (χ0n) is 11.6. The predicted molar refractivity (Wildman–Crippen MR) is 77.9 cm³/mol. The maximum Gasteiger partial charge on any atom is 0.220 e. The SMILES string of the molecule is CNCCCC(=O)NCc1cn(C)c2ccccc12. The lowest BCUT2D eigenvalue weighted by atomic mass is 10.2. The van der Waals surface area contributed by atoms with Gasteiger partial charge in [0.25, 0.3) is 0 Å². The summed E-state index contributed by atoms with van der Waals surface area (Å²) in [6.07, 6.45) is 3.53. The van der Waals surface area contributed by atoms with Gasteiger partial charge in [-0.3, -0.25) is 4.79 Å². The Kier molecular flexibility index (Phi) is 4.58. The molecule has 0 atom stereocenters. The van der Waals surface area contributed by atoms with E-state index in [-0.39, 0.29) is 5.91 Å². The fourth-order valence-electron chi connectivity index (χ4n) is 2.27. The third kappa shape index (κ3) is 3.35. The summed E-state index contributed by atoms with van der Waals surface area (Å²) < 4.78 is 2.10. The molecule has 2 rings (SSSR count). The van der Waals surface area contributed by atoms with Crippen LogP contribution >= 0.6 is 0 Å². The lowest BCUT2D eigenvalue weighted by Gasteiger charge is -2.04. The number of aryl methyl sites for hydroxylation is 1. The number of nitrogens with one attached hydrogen (secondary N) is 2. The topological polar surface area (TPSA) is 46.1 Å². The van der Waals surface area contributed by atoms with Crippen LogP contribution in [0.2, 0.25) is 0 Å². The lowest BCUT2D eigenvalue weighted by molar-refractivity contribution is -0.121. The summed E-state index contributed by atoms with van der Waals surface area (Å²) in [6.45, 7) is 1.47. The van der Waals surface area contributed by atoms with Gasteiger partial charge in [-0.25, -0.2) is 0 Å². The van der Waals surface area contributed by atoms with Crippen LogP contribution < -0.4 is 10.6 Å². The number of fused-ring (bicyclic) bond motifs is 1. The Bertz CT molecular complexity index is 560. The molecule has 0 spiro atoms. The molecular formula is C15H21N3O. The second-order valence-corrected chi connectivity index (χ2v) is 4.77. The molecule has 102 valence electrons. The van der Waals surface area contributed by atoms with Crippen LogP contribution in [0.3, 0.4) is 0 Å². The molecule has 2 aromatic rings. The van der Waals surface area contributed by atoms with E-state index in [0.29, 0.717) is 13.0 Å². The first kappa shape index (κ1) is 13.6. The first-order valence-corrected chi connectivity index (χ1v) is 6.66. The van der Waals surface area contributed by atoms with Crippen LogP contribution in [-0.4, -0.2) is 24.1 Å². The maximum atomic E-state index is 11.7. The number of para-hydroxylation sites is 1. The molecule has 0 aliphatic heterocycles. The first-order valence-electron chi connectivity index (χ1n) is 6.66. The van der Waals surface area contributed by atoms with Gasteiger partial charge in [-0.05, 0) is 31.6 Å². The van der Waals surface area contributed by atoms with E-state index < -0.39 is 0 Å². The highest BCUT2D eigenvalue weighted by Crippen LogP contribution is 2.19. The van der Waals surface area contributed by atoms with Crippen LogP contribution in [-0.2, 0) is 18.4 Å². The van der Waals surface area contributed by atoms with E-state index in [1.54, 1.807) is 0 Å². The highest BCUT2D eigenvalue weighted by atomic mass is 16.1. The number of carbonyl (C=O) groups is 1. The molecule has 0 unspecified atom stereocenters. The minimum absolute atomic E-state index is 0.114. The highest BCUT2D eigenvalue weighted by molar-refractivity contribution is 5.84. The van der Waals surface area contributed by atoms with Gasteiger partial charge in [0.05, 0.1) is 0 Å². The fraction of sp³-hybridized carbons (Fsp3) is 0.400. The van der Waals surface area contributed by atoms with Crippen molar-refractivity contribution in [1.82, 2.24) is 15.2 Å². The van der Waals surface area contributed by atoms with Gasteiger partial charge in [-0.15, -0.1) is 0 Å². The third-order valence-electron chi connectivity index (χ3n) is 3.29. The average molecular weight is 259 g/mol. The molecule has 19 heavy (non-hydrogen) atoms. The predicted octanol–water partition coefficient (Wildman–Crippen LogP) is 1.79. The molecule has 1 aromatic carbocycles. The molecule has 4 heteroatoms. The van der Waals surface area contributed by atoms with Crippen molar-refractivity contribution in [2.75, 3.05) is 13.6 Å². The van der Waals surface area contributed by atoms with Crippen molar-refractivity contribution in [3.8, 4) is 0 Å². The van der Waals surface area contributed by atoms with E-state index in [9.17, 15) is 4.79 Å². The van der Waals surface area contributed by atoms with E-state index in [2.05, 4.69) is 33.5 Å². The molecule has 4 nitrogen and oxygen atoms in total. The molecule has 0 fully saturated rings. The van der Waals surface area contributed by atoms with Crippen LogP contribution in [0.5, 0.6) is 0 Å². The summed E-state index contributed by atoms with van der Waals surface area (Å²) in [5, 5.41) is 7.23. The molecule has 0 saturated carbocycles. The molecule has 2 N–H and O–H groups in total. The Morgan fingerprint density at radius 2 is 2.11 bits per heavy atom. The number of nitrogens with zero attached hydrogens (tertiary/aromatic N) is 1. The third-order valence-corrected chi connectivity index (χ3v) is 3.29. The van der Waals surface area contributed by atoms with E-state index in [1.807, 2.05) is 26.2 Å². The average Bonchev–Trinajstić information content (AvgIpc) is 2.74. The Morgan fingerprint density at radius 1 is 1.32 bits per heavy atom. The normalized spacial score (nSPS) is 10.8. The van der Waals surface area contributed by atoms with Crippen LogP contribution in [0, 0.1) is 0 Å². The molecule has 1 amide bonds. The van der Waals surface area contributed by atoms with E-state index in [0.717, 1.165) is 13.0 Å². The van der Waals surface area contributed by atoms with Crippen molar-refractivity contribution < 1.29 is 4.79 Å². The summed E-state index contributed by atoms with van der Waals surface area (Å²) in [7, 11) is 3.93. The smallest absolute Gasteiger partial charge is 0.220 e. The summed E-state index contributed by atoms with van der Waals surface area (Å²) >= 11 is 0. The number of aromatic nitrogens is 1. The molecule has 0 aliphatic rings. The molecule has 0 saturated heterocycles. The van der Waals surface area contributed by atoms with Crippen molar-refractivity contribution >= 4 is 16.8 Å². The van der Waals surface area contributed by atoms with Gasteiger partial charge in [0.2, 0.25) is 5.91 Å². The quantitative estimate of drug-likeness (QED) is 0.777. The van der Waals surface area contributed by atoms with Crippen molar-refractivity contribution in [3.63, 3.8) is 0 Å². The zero-order chi connectivity index (χ0) is 13.7. The van der Waals surface area contributed by atoms with Gasteiger partial charge in [0.1, 0.15) is 0 Å². The molecule has 0 radical (unpaired) electrons. The maximum absolute atomic E-state index is 11.7. The second-order valence-electron chi connectivity index (χ2n) is 4.77. The van der Waals surface area contributed by atoms with Gasteiger partial charge in [-0.1, -0.05) is 18.2 Å². The second kappa shape index (κ2) is 6.38. The van der Waals surface area contributed by atoms with Gasteiger partial charge in [0.15, 0.2) is 0 Å². The van der Waals surface area contributed by atoms with Gasteiger partial charge >= 0.3 is 0 Å². The number of hydrogen-bond donors (Lipinski definition) is 2. The van der Waals surface area contributed by atoms with Crippen LogP contribution in [0.1, 0.15) is 18.4 Å². The Labute approximate surface area is 113 Å². The highest BCUT2D eigenvalue weighted by Gasteiger charge is 2.07. The summed E-state index contributed by atoms with van der Waals surface area (Å²) in [5.41, 5.74) is 2.36. The van der Waals surface area contributed by atoms with Crippen LogP contribution in [0.25, 0.3) is 10.9 Å². The minimum atomic E-state index is 0.114. The van der Waals surface area contributed by atoms with Crippen LogP contribution in [0.4, 0.5) is 0 Å². The Hall–Kier alpha value is -1.81. The van der Waals surface area contributed by atoms with Crippen molar-refractivity contribution in [3.05, 3.63) is 36.0 Å². The number of hydrogen-bond acceptors (Lipinski definition) is 2. The molecule has 0 bridgehead atoms. The number of rotatable bonds is 6. The number of amides is 1. The largest absolute Gasteiger partial charge is 0.352 e. The molecule has 0 aliphatic carbocycles. The van der Waals surface area contributed by atoms with Crippen molar-refractivity contribution in [2.24, 2.45) is 7.05 Å². The van der Waals surface area contributed by atoms with E-state index >= 15 is 0 Å².